The van der Waals surface area contributed by atoms with Crippen LogP contribution in [0.5, 0.6) is 0 Å². The summed E-state index contributed by atoms with van der Waals surface area (Å²) in [5.41, 5.74) is 5.99. The number of carbonyl (C=O) groups is 2. The molecule has 0 fully saturated rings. The maximum Gasteiger partial charge on any atom is 0.308 e. The lowest BCUT2D eigenvalue weighted by Crippen LogP contribution is -2.28. The van der Waals surface area contributed by atoms with Gasteiger partial charge in [-0.3, -0.25) is 14.6 Å². The van der Waals surface area contributed by atoms with Crippen molar-refractivity contribution in [2.75, 3.05) is 18.5 Å². The number of nitrogens with two attached hydrogens (primary N) is 1. The van der Waals surface area contributed by atoms with Crippen LogP contribution in [0.1, 0.15) is 17.4 Å². The summed E-state index contributed by atoms with van der Waals surface area (Å²) in [5, 5.41) is 8.81. The Kier molecular flexibility index (Phi) is 4.03. The number of nitrogens with zero attached hydrogens (tertiary/aromatic N) is 2. The number of carboxylic acids is 1. The Morgan fingerprint density at radius 2 is 2.24 bits per heavy atom. The van der Waals surface area contributed by atoms with Gasteiger partial charge in [0.15, 0.2) is 0 Å². The van der Waals surface area contributed by atoms with E-state index in [2.05, 4.69) is 4.98 Å². The molecule has 3 N–H and O–H groups in total. The summed E-state index contributed by atoms with van der Waals surface area (Å²) in [4.78, 5) is 27.2. The van der Waals surface area contributed by atoms with Gasteiger partial charge in [-0.05, 0) is 12.1 Å². The Hall–Kier alpha value is -2.11. The minimum atomic E-state index is -0.860. The van der Waals surface area contributed by atoms with Crippen molar-refractivity contribution in [2.24, 2.45) is 11.7 Å². The van der Waals surface area contributed by atoms with Crippen LogP contribution >= 0.6 is 0 Å². The second kappa shape index (κ2) is 5.29. The van der Waals surface area contributed by atoms with E-state index in [1.807, 2.05) is 0 Å². The molecule has 0 saturated carbocycles. The zero-order valence-corrected chi connectivity index (χ0v) is 9.75. The number of aromatic nitrogens is 1. The number of carboxylic acid groups (broad SMARTS) is 1. The number of aliphatic carboxylic acids is 1. The van der Waals surface area contributed by atoms with Crippen molar-refractivity contribution in [1.82, 2.24) is 4.98 Å². The molecule has 0 aliphatic heterocycles. The van der Waals surface area contributed by atoms with Crippen LogP contribution in [0.3, 0.4) is 0 Å². The molecule has 1 unspecified atom stereocenters. The van der Waals surface area contributed by atoms with Gasteiger partial charge < -0.3 is 15.7 Å². The van der Waals surface area contributed by atoms with Crippen molar-refractivity contribution in [2.45, 2.75) is 6.92 Å². The van der Waals surface area contributed by atoms with Crippen LogP contribution in [-0.2, 0) is 4.79 Å². The third-order valence-corrected chi connectivity index (χ3v) is 2.41. The van der Waals surface area contributed by atoms with Gasteiger partial charge in [-0.25, -0.2) is 0 Å². The first-order valence-electron chi connectivity index (χ1n) is 5.11. The number of hydrogen-bond acceptors (Lipinski definition) is 4. The smallest absolute Gasteiger partial charge is 0.308 e. The molecule has 1 aromatic heterocycles. The molecule has 1 rings (SSSR count). The Bertz CT molecular complexity index is 434. The molecular weight excluding hydrogens is 222 g/mol. The molecule has 0 bridgehead atoms. The highest BCUT2D eigenvalue weighted by Gasteiger charge is 2.14. The fourth-order valence-corrected chi connectivity index (χ4v) is 1.39. The Labute approximate surface area is 99.1 Å². The first-order chi connectivity index (χ1) is 7.91. The lowest BCUT2D eigenvalue weighted by molar-refractivity contribution is -0.140. The second-order valence-corrected chi connectivity index (χ2v) is 3.88. The SMILES string of the molecule is CC(CN(C)c1ccnc(C(N)=O)c1)C(=O)O. The Morgan fingerprint density at radius 3 is 2.76 bits per heavy atom. The van der Waals surface area contributed by atoms with Crippen LogP contribution in [0, 0.1) is 5.92 Å². The van der Waals surface area contributed by atoms with Gasteiger partial charge in [0.05, 0.1) is 5.92 Å². The van der Waals surface area contributed by atoms with E-state index in [9.17, 15) is 9.59 Å². The molecule has 1 aromatic rings. The summed E-state index contributed by atoms with van der Waals surface area (Å²) in [6, 6.07) is 3.23. The van der Waals surface area contributed by atoms with E-state index in [4.69, 9.17) is 10.8 Å². The molecule has 92 valence electrons. The lowest BCUT2D eigenvalue weighted by atomic mass is 10.1. The largest absolute Gasteiger partial charge is 0.481 e. The first-order valence-corrected chi connectivity index (χ1v) is 5.11. The lowest BCUT2D eigenvalue weighted by Gasteiger charge is -2.21. The standard InChI is InChI=1S/C11H15N3O3/c1-7(11(16)17)6-14(2)8-3-4-13-9(5-8)10(12)15/h3-5,7H,6H2,1-2H3,(H2,12,15)(H,16,17). The van der Waals surface area contributed by atoms with Crippen molar-refractivity contribution in [3.8, 4) is 0 Å². The van der Waals surface area contributed by atoms with Crippen LogP contribution in [0.25, 0.3) is 0 Å². The minimum Gasteiger partial charge on any atom is -0.481 e. The number of hydrogen-bond donors (Lipinski definition) is 2. The highest BCUT2D eigenvalue weighted by molar-refractivity contribution is 5.91. The van der Waals surface area contributed by atoms with E-state index in [1.165, 1.54) is 12.3 Å². The summed E-state index contributed by atoms with van der Waals surface area (Å²) in [5.74, 6) is -1.96. The first kappa shape index (κ1) is 13.0. The maximum atomic E-state index is 11.0. The van der Waals surface area contributed by atoms with Crippen molar-refractivity contribution in [3.05, 3.63) is 24.0 Å². The fraction of sp³-hybridized carbons (Fsp3) is 0.364. The highest BCUT2D eigenvalue weighted by Crippen LogP contribution is 2.14. The van der Waals surface area contributed by atoms with Gasteiger partial charge in [-0.1, -0.05) is 6.92 Å². The van der Waals surface area contributed by atoms with E-state index in [-0.39, 0.29) is 5.69 Å². The molecule has 6 heteroatoms. The maximum absolute atomic E-state index is 11.0. The van der Waals surface area contributed by atoms with E-state index in [0.29, 0.717) is 12.2 Å². The number of anilines is 1. The molecule has 1 atom stereocenters. The number of rotatable bonds is 5. The summed E-state index contributed by atoms with van der Waals surface area (Å²) >= 11 is 0. The van der Waals surface area contributed by atoms with Crippen LogP contribution in [0.2, 0.25) is 0 Å². The minimum absolute atomic E-state index is 0.164. The van der Waals surface area contributed by atoms with Gasteiger partial charge in [-0.2, -0.15) is 0 Å². The molecule has 0 aliphatic rings. The molecule has 1 amide bonds. The van der Waals surface area contributed by atoms with Gasteiger partial charge >= 0.3 is 5.97 Å². The van der Waals surface area contributed by atoms with Crippen LogP contribution in [0.15, 0.2) is 18.3 Å². The average Bonchev–Trinajstić information content (AvgIpc) is 2.28. The zero-order valence-electron chi connectivity index (χ0n) is 9.75. The third-order valence-electron chi connectivity index (χ3n) is 2.41. The summed E-state index contributed by atoms with van der Waals surface area (Å²) < 4.78 is 0. The molecular formula is C11H15N3O3. The van der Waals surface area contributed by atoms with Crippen molar-refractivity contribution >= 4 is 17.6 Å². The molecule has 6 nitrogen and oxygen atoms in total. The zero-order chi connectivity index (χ0) is 13.0. The number of primary amides is 1. The molecule has 0 aromatic carbocycles. The Morgan fingerprint density at radius 1 is 1.59 bits per heavy atom. The van der Waals surface area contributed by atoms with E-state index >= 15 is 0 Å². The van der Waals surface area contributed by atoms with Gasteiger partial charge in [0, 0.05) is 25.5 Å². The molecule has 0 aliphatic carbocycles. The molecule has 0 radical (unpaired) electrons. The second-order valence-electron chi connectivity index (χ2n) is 3.88. The number of amides is 1. The quantitative estimate of drug-likeness (QED) is 0.769. The topological polar surface area (TPSA) is 96.5 Å². The highest BCUT2D eigenvalue weighted by atomic mass is 16.4. The number of pyridine rings is 1. The Balaban J connectivity index is 2.82. The van der Waals surface area contributed by atoms with Crippen LogP contribution < -0.4 is 10.6 Å². The van der Waals surface area contributed by atoms with E-state index in [1.54, 1.807) is 24.9 Å². The monoisotopic (exact) mass is 237 g/mol. The van der Waals surface area contributed by atoms with E-state index < -0.39 is 17.8 Å². The third kappa shape index (κ3) is 3.44. The fourth-order valence-electron chi connectivity index (χ4n) is 1.39. The predicted octanol–water partition coefficient (Wildman–Crippen LogP) is 0.337. The van der Waals surface area contributed by atoms with Gasteiger partial charge in [-0.15, -0.1) is 0 Å². The van der Waals surface area contributed by atoms with Crippen LogP contribution in [-0.4, -0.2) is 35.6 Å². The molecule has 1 heterocycles. The summed E-state index contributed by atoms with van der Waals surface area (Å²) in [6.07, 6.45) is 1.47. The van der Waals surface area contributed by atoms with Crippen molar-refractivity contribution in [1.29, 1.82) is 0 Å². The van der Waals surface area contributed by atoms with Gasteiger partial charge in [0.2, 0.25) is 0 Å². The van der Waals surface area contributed by atoms with Gasteiger partial charge in [0.25, 0.3) is 5.91 Å². The van der Waals surface area contributed by atoms with Crippen molar-refractivity contribution < 1.29 is 14.7 Å². The normalized spacial score (nSPS) is 11.9. The molecule has 0 spiro atoms. The number of carbonyl (C=O) groups excluding carboxylic acids is 1. The van der Waals surface area contributed by atoms with E-state index in [0.717, 1.165) is 0 Å². The van der Waals surface area contributed by atoms with Gasteiger partial charge in [0.1, 0.15) is 5.69 Å². The summed E-state index contributed by atoms with van der Waals surface area (Å²) in [7, 11) is 1.75. The predicted molar refractivity (Wildman–Crippen MR) is 62.8 cm³/mol. The van der Waals surface area contributed by atoms with Crippen LogP contribution in [0.4, 0.5) is 5.69 Å². The summed E-state index contributed by atoms with van der Waals surface area (Å²) in [6.45, 7) is 1.96. The molecule has 17 heavy (non-hydrogen) atoms. The molecule has 0 saturated heterocycles. The average molecular weight is 237 g/mol. The van der Waals surface area contributed by atoms with Crippen molar-refractivity contribution in [3.63, 3.8) is 0 Å².